The summed E-state index contributed by atoms with van der Waals surface area (Å²) in [5.41, 5.74) is 0. The Hall–Kier alpha value is 0.790. The van der Waals surface area contributed by atoms with Crippen molar-refractivity contribution in [3.8, 4) is 0 Å². The number of hydrogen-bond acceptors (Lipinski definition) is 1. The molecule has 0 aliphatic rings. The van der Waals surface area contributed by atoms with Crippen LogP contribution in [0.4, 0.5) is 0 Å². The number of thiol groups is 2. The monoisotopic (exact) mass is 196 g/mol. The predicted molar refractivity (Wildman–Crippen MR) is 60.9 cm³/mol. The van der Waals surface area contributed by atoms with E-state index in [1.54, 1.807) is 0 Å². The fourth-order valence-electron chi connectivity index (χ4n) is 0.738. The van der Waals surface area contributed by atoms with Gasteiger partial charge in [-0.1, -0.05) is 32.5 Å². The molecule has 0 bridgehead atoms. The molecule has 0 saturated heterocycles. The van der Waals surface area contributed by atoms with Gasteiger partial charge >= 0.3 is 0 Å². The highest BCUT2D eigenvalue weighted by atomic mass is 32.3. The molecule has 1 atom stereocenters. The van der Waals surface area contributed by atoms with Crippen LogP contribution in [0, 0.1) is 0 Å². The molecular weight excluding hydrogens is 180 g/mol. The summed E-state index contributed by atoms with van der Waals surface area (Å²) in [4.78, 5) is 0. The van der Waals surface area contributed by atoms with Crippen LogP contribution >= 0.6 is 35.7 Å². The van der Waals surface area contributed by atoms with Gasteiger partial charge in [-0.25, -0.2) is 10.9 Å². The maximum absolute atomic E-state index is 5.02. The van der Waals surface area contributed by atoms with E-state index in [2.05, 4.69) is 26.5 Å². The standard InChI is InChI=1S/C7H16S3/c1-3-5-6-10(4-2)7(8)9/h10H,3-6H2,1-2H3,(H,8,9). The van der Waals surface area contributed by atoms with Crippen LogP contribution in [0.1, 0.15) is 26.7 Å². The van der Waals surface area contributed by atoms with Gasteiger partial charge in [0.1, 0.15) is 0 Å². The first-order chi connectivity index (χ1) is 4.72. The van der Waals surface area contributed by atoms with Crippen molar-refractivity contribution in [3.63, 3.8) is 0 Å². The molecule has 0 aliphatic carbocycles. The molecule has 0 radical (unpaired) electrons. The number of hydrogen-bond donors (Lipinski definition) is 2. The second kappa shape index (κ2) is 6.50. The molecule has 0 saturated carbocycles. The molecule has 3 heteroatoms. The van der Waals surface area contributed by atoms with Crippen molar-refractivity contribution < 1.29 is 0 Å². The van der Waals surface area contributed by atoms with E-state index in [0.29, 0.717) is 0 Å². The molecular formula is C7H16S3. The van der Waals surface area contributed by atoms with E-state index in [1.165, 1.54) is 24.3 Å². The Bertz CT molecular complexity index is 101. The fourth-order valence-corrected chi connectivity index (χ4v) is 3.60. The third-order valence-corrected chi connectivity index (χ3v) is 5.22. The van der Waals surface area contributed by atoms with Gasteiger partial charge in [0.25, 0.3) is 0 Å². The Labute approximate surface area is 77.5 Å². The number of unbranched alkanes of at least 4 members (excludes halogenated alkanes) is 1. The lowest BCUT2D eigenvalue weighted by atomic mass is 10.4. The molecule has 0 aromatic rings. The Morgan fingerprint density at radius 2 is 2.10 bits per heavy atom. The fraction of sp³-hybridized carbons (Fsp3) is 0.857. The SMILES string of the molecule is CCCC[SH](CC)C(=S)S. The lowest BCUT2D eigenvalue weighted by molar-refractivity contribution is 0.895. The van der Waals surface area contributed by atoms with Crippen molar-refractivity contribution in [1.82, 2.24) is 0 Å². The van der Waals surface area contributed by atoms with Gasteiger partial charge in [-0.05, 0) is 17.9 Å². The molecule has 0 amide bonds. The molecule has 0 fully saturated rings. The minimum atomic E-state index is -0.0276. The summed E-state index contributed by atoms with van der Waals surface area (Å²) in [6, 6.07) is 0. The van der Waals surface area contributed by atoms with E-state index in [4.69, 9.17) is 12.2 Å². The van der Waals surface area contributed by atoms with Gasteiger partial charge in [0.2, 0.25) is 0 Å². The molecule has 62 valence electrons. The van der Waals surface area contributed by atoms with Gasteiger partial charge < -0.3 is 0 Å². The van der Waals surface area contributed by atoms with Crippen molar-refractivity contribution in [3.05, 3.63) is 0 Å². The zero-order valence-corrected chi connectivity index (χ0v) is 9.24. The lowest BCUT2D eigenvalue weighted by Gasteiger charge is -2.16. The first-order valence-corrected chi connectivity index (χ1v) is 6.27. The summed E-state index contributed by atoms with van der Waals surface area (Å²) >= 11 is 9.23. The normalized spacial score (nSPS) is 14.9. The predicted octanol–water partition coefficient (Wildman–Crippen LogP) is 3.02. The second-order valence-electron chi connectivity index (χ2n) is 2.22. The Kier molecular flexibility index (Phi) is 7.01. The summed E-state index contributed by atoms with van der Waals surface area (Å²) in [6.07, 6.45) is 2.58. The zero-order chi connectivity index (χ0) is 7.98. The van der Waals surface area contributed by atoms with Gasteiger partial charge in [-0.2, -0.15) is 0 Å². The molecule has 10 heavy (non-hydrogen) atoms. The summed E-state index contributed by atoms with van der Waals surface area (Å²) in [6.45, 7) is 4.41. The second-order valence-corrected chi connectivity index (χ2v) is 6.64. The lowest BCUT2D eigenvalue weighted by Crippen LogP contribution is -1.96. The molecule has 0 aromatic carbocycles. The van der Waals surface area contributed by atoms with Crippen LogP contribution < -0.4 is 0 Å². The van der Waals surface area contributed by atoms with Crippen LogP contribution in [-0.4, -0.2) is 15.0 Å². The van der Waals surface area contributed by atoms with E-state index in [-0.39, 0.29) is 10.9 Å². The van der Waals surface area contributed by atoms with Gasteiger partial charge in [0.15, 0.2) is 0 Å². The van der Waals surface area contributed by atoms with Gasteiger partial charge in [-0.15, -0.1) is 12.6 Å². The summed E-state index contributed by atoms with van der Waals surface area (Å²) in [5, 5.41) is 0. The highest BCUT2D eigenvalue weighted by molar-refractivity contribution is 8.50. The first-order valence-electron chi connectivity index (χ1n) is 3.70. The van der Waals surface area contributed by atoms with Gasteiger partial charge in [0.05, 0.1) is 3.53 Å². The average Bonchev–Trinajstić information content (AvgIpc) is 1.89. The van der Waals surface area contributed by atoms with E-state index >= 15 is 0 Å². The van der Waals surface area contributed by atoms with E-state index < -0.39 is 0 Å². The zero-order valence-electron chi connectivity index (χ0n) is 6.63. The molecule has 0 nitrogen and oxygen atoms in total. The molecule has 0 aromatic heterocycles. The summed E-state index contributed by atoms with van der Waals surface area (Å²) < 4.78 is 0.950. The van der Waals surface area contributed by atoms with Crippen LogP contribution in [0.2, 0.25) is 0 Å². The largest absolute Gasteiger partial charge is 0.212 e. The van der Waals surface area contributed by atoms with Crippen molar-refractivity contribution in [2.75, 3.05) is 11.5 Å². The van der Waals surface area contributed by atoms with Crippen molar-refractivity contribution >= 4 is 39.3 Å². The summed E-state index contributed by atoms with van der Waals surface area (Å²) in [5.74, 6) is 2.49. The van der Waals surface area contributed by atoms with E-state index in [9.17, 15) is 0 Å². The topological polar surface area (TPSA) is 0 Å². The maximum atomic E-state index is 5.02. The van der Waals surface area contributed by atoms with Crippen LogP contribution in [0.15, 0.2) is 0 Å². The van der Waals surface area contributed by atoms with Crippen LogP contribution in [-0.2, 0) is 0 Å². The summed E-state index contributed by atoms with van der Waals surface area (Å²) in [7, 11) is -0.0276. The maximum Gasteiger partial charge on any atom is 0.0811 e. The highest BCUT2D eigenvalue weighted by Gasteiger charge is 2.01. The number of rotatable bonds is 4. The minimum absolute atomic E-state index is 0.0276. The number of thiocarbonyl (C=S) groups is 1. The first kappa shape index (κ1) is 10.8. The average molecular weight is 196 g/mol. The highest BCUT2D eigenvalue weighted by Crippen LogP contribution is 2.29. The van der Waals surface area contributed by atoms with Crippen LogP contribution in [0.25, 0.3) is 0 Å². The Morgan fingerprint density at radius 1 is 1.50 bits per heavy atom. The van der Waals surface area contributed by atoms with Gasteiger partial charge in [-0.3, -0.25) is 0 Å². The third-order valence-electron chi connectivity index (χ3n) is 1.43. The van der Waals surface area contributed by atoms with E-state index in [0.717, 1.165) is 3.53 Å². The molecule has 0 rings (SSSR count). The molecule has 1 unspecified atom stereocenters. The van der Waals surface area contributed by atoms with Crippen molar-refractivity contribution in [2.24, 2.45) is 0 Å². The van der Waals surface area contributed by atoms with Crippen molar-refractivity contribution in [2.45, 2.75) is 26.7 Å². The Morgan fingerprint density at radius 3 is 2.40 bits per heavy atom. The van der Waals surface area contributed by atoms with Crippen LogP contribution in [0.5, 0.6) is 0 Å². The minimum Gasteiger partial charge on any atom is -0.212 e. The molecule has 0 aliphatic heterocycles. The van der Waals surface area contributed by atoms with Crippen molar-refractivity contribution in [1.29, 1.82) is 0 Å². The third kappa shape index (κ3) is 4.58. The van der Waals surface area contributed by atoms with Gasteiger partial charge in [0, 0.05) is 0 Å². The quantitative estimate of drug-likeness (QED) is 0.515. The Balaban J connectivity index is 3.50. The molecule has 0 N–H and O–H groups in total. The van der Waals surface area contributed by atoms with E-state index in [1.807, 2.05) is 0 Å². The molecule has 0 spiro atoms. The van der Waals surface area contributed by atoms with Crippen LogP contribution in [0.3, 0.4) is 0 Å². The molecule has 0 heterocycles. The smallest absolute Gasteiger partial charge is 0.0811 e.